The normalized spacial score (nSPS) is 15.2. The molecule has 186 valence electrons. The van der Waals surface area contributed by atoms with Gasteiger partial charge in [-0.15, -0.1) is 0 Å². The maximum absolute atomic E-state index is 12.8. The molecule has 36 heavy (non-hydrogen) atoms. The Bertz CT molecular complexity index is 1340. The average molecular weight is 521 g/mol. The van der Waals surface area contributed by atoms with Crippen LogP contribution in [0.25, 0.3) is 0 Å². The summed E-state index contributed by atoms with van der Waals surface area (Å²) in [6.45, 7) is 1.18. The van der Waals surface area contributed by atoms with Crippen LogP contribution in [0.3, 0.4) is 0 Å². The molecule has 3 aromatic rings. The monoisotopic (exact) mass is 520 g/mol. The van der Waals surface area contributed by atoms with Gasteiger partial charge in [0.25, 0.3) is 10.0 Å². The van der Waals surface area contributed by atoms with Gasteiger partial charge in [-0.2, -0.15) is 0 Å². The molecule has 7 nitrogen and oxygen atoms in total. The number of sulfonamides is 1. The van der Waals surface area contributed by atoms with Crippen LogP contribution >= 0.6 is 11.8 Å². The molecule has 0 fully saturated rings. The number of nitrogens with zero attached hydrogens (tertiary/aromatic N) is 2. The first-order valence-corrected chi connectivity index (χ1v) is 14.4. The Labute approximate surface area is 216 Å². The van der Waals surface area contributed by atoms with Crippen LogP contribution in [0, 0.1) is 0 Å². The highest BCUT2D eigenvalue weighted by molar-refractivity contribution is 7.99. The van der Waals surface area contributed by atoms with Gasteiger partial charge in [0.15, 0.2) is 0 Å². The number of carbonyl (C=O) groups excluding carboxylic acids is 1. The van der Waals surface area contributed by atoms with Gasteiger partial charge < -0.3 is 10.2 Å². The molecule has 0 unspecified atom stereocenters. The Morgan fingerprint density at radius 2 is 1.56 bits per heavy atom. The number of amides is 1. The van der Waals surface area contributed by atoms with E-state index in [9.17, 15) is 13.2 Å². The minimum atomic E-state index is -3.71. The number of nitrogens with one attached hydrogen (secondary N) is 2. The van der Waals surface area contributed by atoms with E-state index < -0.39 is 10.0 Å². The van der Waals surface area contributed by atoms with Gasteiger partial charge in [-0.3, -0.25) is 14.5 Å². The van der Waals surface area contributed by atoms with E-state index in [1.165, 1.54) is 12.1 Å². The number of para-hydroxylation sites is 2. The van der Waals surface area contributed by atoms with E-state index >= 15 is 0 Å². The largest absolute Gasteiger partial charge is 0.339 e. The molecule has 0 saturated heterocycles. The molecule has 2 aliphatic heterocycles. The Morgan fingerprint density at radius 1 is 0.889 bits per heavy atom. The van der Waals surface area contributed by atoms with Crippen molar-refractivity contribution in [3.8, 4) is 0 Å². The summed E-state index contributed by atoms with van der Waals surface area (Å²) in [6.07, 6.45) is 3.89. The molecule has 0 radical (unpaired) electrons. The molecule has 2 aliphatic rings. The van der Waals surface area contributed by atoms with E-state index in [4.69, 9.17) is 0 Å². The summed E-state index contributed by atoms with van der Waals surface area (Å²) in [4.78, 5) is 21.8. The highest BCUT2D eigenvalue weighted by Gasteiger charge is 2.23. The molecule has 0 saturated carbocycles. The fourth-order valence-electron chi connectivity index (χ4n) is 4.35. The van der Waals surface area contributed by atoms with Crippen molar-refractivity contribution in [3.05, 3.63) is 72.8 Å². The second-order valence-corrected chi connectivity index (χ2v) is 11.5. The first-order chi connectivity index (χ1) is 17.5. The SMILES string of the molecule is O=C(CCN1c2ccccc2Sc2ccccc21)Nc1ccc(S(=O)(=O)NC2=NCCCCC2)cc1. The number of benzene rings is 3. The summed E-state index contributed by atoms with van der Waals surface area (Å²) in [5, 5.41) is 2.89. The van der Waals surface area contributed by atoms with Crippen LogP contribution in [-0.2, 0) is 14.8 Å². The van der Waals surface area contributed by atoms with Gasteiger partial charge in [0.2, 0.25) is 5.91 Å². The molecule has 0 bridgehead atoms. The zero-order valence-electron chi connectivity index (χ0n) is 19.8. The van der Waals surface area contributed by atoms with Crippen LogP contribution in [0.2, 0.25) is 0 Å². The van der Waals surface area contributed by atoms with Crippen molar-refractivity contribution in [2.45, 2.75) is 46.8 Å². The van der Waals surface area contributed by atoms with E-state index in [2.05, 4.69) is 44.2 Å². The molecule has 0 atom stereocenters. The summed E-state index contributed by atoms with van der Waals surface area (Å²) in [5.41, 5.74) is 2.74. The lowest BCUT2D eigenvalue weighted by molar-refractivity contribution is -0.116. The van der Waals surface area contributed by atoms with Gasteiger partial charge in [0.1, 0.15) is 5.84 Å². The van der Waals surface area contributed by atoms with E-state index in [1.54, 1.807) is 23.9 Å². The van der Waals surface area contributed by atoms with E-state index in [0.29, 0.717) is 31.0 Å². The van der Waals surface area contributed by atoms with Gasteiger partial charge in [0.05, 0.1) is 16.3 Å². The highest BCUT2D eigenvalue weighted by atomic mass is 32.2. The fourth-order valence-corrected chi connectivity index (χ4v) is 6.53. The Balaban J connectivity index is 1.22. The number of fused-ring (bicyclic) bond motifs is 2. The van der Waals surface area contributed by atoms with Gasteiger partial charge >= 0.3 is 0 Å². The summed E-state index contributed by atoms with van der Waals surface area (Å²) in [7, 11) is -3.71. The average Bonchev–Trinajstić information content (AvgIpc) is 3.15. The molecule has 2 heterocycles. The summed E-state index contributed by atoms with van der Waals surface area (Å²) in [5.74, 6) is 0.383. The summed E-state index contributed by atoms with van der Waals surface area (Å²) in [6, 6.07) is 22.6. The molecule has 1 amide bonds. The van der Waals surface area contributed by atoms with Crippen LogP contribution in [0.4, 0.5) is 17.1 Å². The van der Waals surface area contributed by atoms with E-state index in [1.807, 2.05) is 24.3 Å². The van der Waals surface area contributed by atoms with Crippen molar-refractivity contribution < 1.29 is 13.2 Å². The number of anilines is 3. The maximum atomic E-state index is 12.8. The molecule has 5 rings (SSSR count). The number of carbonyl (C=O) groups is 1. The van der Waals surface area contributed by atoms with E-state index in [-0.39, 0.29) is 17.2 Å². The predicted molar refractivity (Wildman–Crippen MR) is 145 cm³/mol. The fraction of sp³-hybridized carbons (Fsp3) is 0.259. The lowest BCUT2D eigenvalue weighted by Gasteiger charge is -2.32. The molecule has 0 aliphatic carbocycles. The number of amidine groups is 1. The van der Waals surface area contributed by atoms with E-state index in [0.717, 1.165) is 40.4 Å². The molecule has 0 aromatic heterocycles. The number of hydrogen-bond acceptors (Lipinski definition) is 6. The Hall–Kier alpha value is -3.30. The summed E-state index contributed by atoms with van der Waals surface area (Å²) >= 11 is 1.73. The van der Waals surface area contributed by atoms with Crippen LogP contribution in [-0.4, -0.2) is 33.3 Å². The van der Waals surface area contributed by atoms with Gasteiger partial charge in [-0.25, -0.2) is 8.42 Å². The quantitative estimate of drug-likeness (QED) is 0.444. The van der Waals surface area contributed by atoms with Gasteiger partial charge in [-0.05, 0) is 61.4 Å². The highest BCUT2D eigenvalue weighted by Crippen LogP contribution is 2.47. The molecule has 3 aromatic carbocycles. The smallest absolute Gasteiger partial charge is 0.262 e. The van der Waals surface area contributed by atoms with Crippen LogP contribution in [0.1, 0.15) is 32.1 Å². The molecule has 2 N–H and O–H groups in total. The lowest BCUT2D eigenvalue weighted by Crippen LogP contribution is -2.30. The topological polar surface area (TPSA) is 90.9 Å². The third-order valence-corrected chi connectivity index (χ3v) is 8.70. The zero-order chi connectivity index (χ0) is 25.0. The van der Waals surface area contributed by atoms with Crippen LogP contribution < -0.4 is 14.9 Å². The van der Waals surface area contributed by atoms with Crippen molar-refractivity contribution in [1.82, 2.24) is 4.72 Å². The van der Waals surface area contributed by atoms with Crippen LogP contribution in [0.5, 0.6) is 0 Å². The minimum Gasteiger partial charge on any atom is -0.339 e. The van der Waals surface area contributed by atoms with Crippen LogP contribution in [0.15, 0.2) is 92.5 Å². The molecular weight excluding hydrogens is 492 g/mol. The third-order valence-electron chi connectivity index (χ3n) is 6.17. The van der Waals surface area contributed by atoms with Crippen molar-refractivity contribution in [1.29, 1.82) is 0 Å². The van der Waals surface area contributed by atoms with Gasteiger partial charge in [-0.1, -0.05) is 42.4 Å². The minimum absolute atomic E-state index is 0.135. The number of rotatable bonds is 6. The Morgan fingerprint density at radius 3 is 2.25 bits per heavy atom. The maximum Gasteiger partial charge on any atom is 0.262 e. The first-order valence-electron chi connectivity index (χ1n) is 12.1. The van der Waals surface area contributed by atoms with Crippen molar-refractivity contribution in [3.63, 3.8) is 0 Å². The number of hydrogen-bond donors (Lipinski definition) is 2. The lowest BCUT2D eigenvalue weighted by atomic mass is 10.2. The standard InChI is InChI=1S/C27H28N4O3S2/c32-27(17-19-31-22-8-3-5-10-24(22)35-25-11-6-4-9-23(25)31)29-20-13-15-21(16-14-20)36(33,34)30-26-12-2-1-7-18-28-26/h3-6,8-11,13-16H,1-2,7,12,17-19H2,(H,28,30)(H,29,32). The molecule has 0 spiro atoms. The third kappa shape index (κ3) is 5.57. The molecule has 9 heteroatoms. The Kier molecular flexibility index (Phi) is 7.29. The summed E-state index contributed by atoms with van der Waals surface area (Å²) < 4.78 is 28.1. The molecular formula is C27H28N4O3S2. The van der Waals surface area contributed by atoms with Crippen molar-refractivity contribution >= 4 is 50.6 Å². The first kappa shape index (κ1) is 24.4. The van der Waals surface area contributed by atoms with Crippen molar-refractivity contribution in [2.75, 3.05) is 23.3 Å². The second kappa shape index (κ2) is 10.8. The zero-order valence-corrected chi connectivity index (χ0v) is 21.4. The predicted octanol–water partition coefficient (Wildman–Crippen LogP) is 5.57. The van der Waals surface area contributed by atoms with Crippen molar-refractivity contribution in [2.24, 2.45) is 4.99 Å². The van der Waals surface area contributed by atoms with Gasteiger partial charge in [0, 0.05) is 41.4 Å². The number of aliphatic imine (C=N–C) groups is 1. The second-order valence-electron chi connectivity index (χ2n) is 8.76.